The van der Waals surface area contributed by atoms with E-state index in [1.807, 2.05) is 45.0 Å². The van der Waals surface area contributed by atoms with Crippen molar-refractivity contribution in [2.75, 3.05) is 13.2 Å². The van der Waals surface area contributed by atoms with Gasteiger partial charge in [0.05, 0.1) is 6.07 Å². The minimum atomic E-state index is -1.07. The van der Waals surface area contributed by atoms with Crippen LogP contribution in [0.2, 0.25) is 0 Å². The molecule has 0 bridgehead atoms. The second-order valence-corrected chi connectivity index (χ2v) is 4.54. The van der Waals surface area contributed by atoms with Gasteiger partial charge in [0.25, 0.3) is 0 Å². The molecule has 1 unspecified atom stereocenters. The number of allylic oxidation sites excluding steroid dienone is 1. The highest BCUT2D eigenvalue weighted by atomic mass is 16.7. The molecule has 0 aliphatic heterocycles. The number of carbonyl (C=O) groups is 1. The van der Waals surface area contributed by atoms with Gasteiger partial charge in [-0.25, -0.2) is 0 Å². The Morgan fingerprint density at radius 1 is 1.27 bits per heavy atom. The van der Waals surface area contributed by atoms with Crippen LogP contribution < -0.4 is 0 Å². The third kappa shape index (κ3) is 6.66. The Kier molecular flexibility index (Phi) is 10.6. The summed E-state index contributed by atoms with van der Waals surface area (Å²) in [5.74, 6) is 0. The van der Waals surface area contributed by atoms with Crippen molar-refractivity contribution < 1.29 is 14.3 Å². The quantitative estimate of drug-likeness (QED) is 0.418. The third-order valence-electron chi connectivity index (χ3n) is 2.96. The summed E-state index contributed by atoms with van der Waals surface area (Å²) in [5.41, 5.74) is -0.347. The average molecular weight is 303 g/mol. The van der Waals surface area contributed by atoms with Crippen molar-refractivity contribution >= 4 is 6.29 Å². The number of hydrogen-bond donors (Lipinski definition) is 0. The van der Waals surface area contributed by atoms with E-state index in [0.717, 1.165) is 18.8 Å². The first kappa shape index (κ1) is 20.0. The highest BCUT2D eigenvalue weighted by molar-refractivity contribution is 5.73. The number of nitriles is 1. The predicted octanol–water partition coefficient (Wildman–Crippen LogP) is 3.63. The summed E-state index contributed by atoms with van der Waals surface area (Å²) in [6.45, 7) is 10.8. The summed E-state index contributed by atoms with van der Waals surface area (Å²) in [4.78, 5) is 11.0. The van der Waals surface area contributed by atoms with E-state index < -0.39 is 5.41 Å². The van der Waals surface area contributed by atoms with Crippen LogP contribution >= 0.6 is 0 Å². The van der Waals surface area contributed by atoms with Crippen molar-refractivity contribution in [3.63, 3.8) is 0 Å². The summed E-state index contributed by atoms with van der Waals surface area (Å²) in [5, 5.41) is 9.03. The number of rotatable bonds is 8. The van der Waals surface area contributed by atoms with Gasteiger partial charge in [0.1, 0.15) is 11.7 Å². The molecule has 0 N–H and O–H groups in total. The molecule has 1 rings (SSSR count). The van der Waals surface area contributed by atoms with Crippen LogP contribution in [0.4, 0.5) is 0 Å². The van der Waals surface area contributed by atoms with Crippen LogP contribution in [0.1, 0.15) is 32.8 Å². The monoisotopic (exact) mass is 303 g/mol. The van der Waals surface area contributed by atoms with Crippen molar-refractivity contribution in [2.24, 2.45) is 0 Å². The van der Waals surface area contributed by atoms with E-state index in [1.165, 1.54) is 0 Å². The van der Waals surface area contributed by atoms with Crippen molar-refractivity contribution in [2.45, 2.75) is 38.9 Å². The molecule has 1 aromatic rings. The fraction of sp³-hybridized carbons (Fsp3) is 0.444. The summed E-state index contributed by atoms with van der Waals surface area (Å²) >= 11 is 0. The maximum absolute atomic E-state index is 11.0. The topological polar surface area (TPSA) is 59.3 Å². The number of ether oxygens (including phenoxy) is 2. The highest BCUT2D eigenvalue weighted by Gasteiger charge is 2.30. The summed E-state index contributed by atoms with van der Waals surface area (Å²) in [6.07, 6.45) is 2.58. The molecule has 22 heavy (non-hydrogen) atoms. The largest absolute Gasteiger partial charge is 0.353 e. The van der Waals surface area contributed by atoms with Gasteiger partial charge in [0.15, 0.2) is 6.29 Å². The molecule has 0 amide bonds. The lowest BCUT2D eigenvalue weighted by Gasteiger charge is -2.17. The van der Waals surface area contributed by atoms with E-state index in [2.05, 4.69) is 6.58 Å². The number of benzene rings is 1. The molecule has 4 heteroatoms. The lowest BCUT2D eigenvalue weighted by atomic mass is 9.80. The smallest absolute Gasteiger partial charge is 0.154 e. The fourth-order valence-corrected chi connectivity index (χ4v) is 1.85. The normalized spacial score (nSPS) is 12.5. The highest BCUT2D eigenvalue weighted by Crippen LogP contribution is 2.25. The van der Waals surface area contributed by atoms with Gasteiger partial charge in [0, 0.05) is 13.2 Å². The molecule has 0 aliphatic carbocycles. The van der Waals surface area contributed by atoms with Crippen LogP contribution in [0.15, 0.2) is 43.0 Å². The van der Waals surface area contributed by atoms with Crippen molar-refractivity contribution in [1.29, 1.82) is 5.26 Å². The van der Waals surface area contributed by atoms with Crippen LogP contribution in [0.25, 0.3) is 0 Å². The van der Waals surface area contributed by atoms with Crippen molar-refractivity contribution in [1.82, 2.24) is 0 Å². The molecule has 0 radical (unpaired) electrons. The molecule has 0 aliphatic rings. The number of nitrogens with zero attached hydrogens (tertiary/aromatic N) is 1. The van der Waals surface area contributed by atoms with Crippen LogP contribution in [0, 0.1) is 11.3 Å². The molecule has 0 saturated carbocycles. The first-order chi connectivity index (χ1) is 10.6. The molecule has 0 fully saturated rings. The van der Waals surface area contributed by atoms with Gasteiger partial charge < -0.3 is 14.3 Å². The van der Waals surface area contributed by atoms with E-state index in [1.54, 1.807) is 18.2 Å². The lowest BCUT2D eigenvalue weighted by molar-refractivity contribution is -0.123. The Labute approximate surface area is 133 Å². The molecule has 0 saturated heterocycles. The van der Waals surface area contributed by atoms with Gasteiger partial charge in [-0.3, -0.25) is 0 Å². The van der Waals surface area contributed by atoms with Crippen molar-refractivity contribution in [3.8, 4) is 6.07 Å². The second-order valence-electron chi connectivity index (χ2n) is 4.54. The second kappa shape index (κ2) is 11.7. The molecular weight excluding hydrogens is 278 g/mol. The summed E-state index contributed by atoms with van der Waals surface area (Å²) < 4.78 is 10.1. The molecule has 1 aromatic carbocycles. The van der Waals surface area contributed by atoms with E-state index in [4.69, 9.17) is 14.7 Å². The number of carbonyl (C=O) groups excluding carboxylic acids is 1. The van der Waals surface area contributed by atoms with E-state index in [0.29, 0.717) is 12.7 Å². The maximum Gasteiger partial charge on any atom is 0.154 e. The molecule has 1 atom stereocenters. The summed E-state index contributed by atoms with van der Waals surface area (Å²) in [6, 6.07) is 11.1. The minimum absolute atomic E-state index is 0.0370. The molecule has 120 valence electrons. The van der Waals surface area contributed by atoms with Crippen LogP contribution in [-0.4, -0.2) is 25.8 Å². The average Bonchev–Trinajstić information content (AvgIpc) is 2.55. The third-order valence-corrected chi connectivity index (χ3v) is 2.96. The Morgan fingerprint density at radius 2 is 1.82 bits per heavy atom. The number of hydrogen-bond acceptors (Lipinski definition) is 4. The Bertz CT molecular complexity index is 461. The van der Waals surface area contributed by atoms with E-state index >= 15 is 0 Å². The van der Waals surface area contributed by atoms with Crippen molar-refractivity contribution in [3.05, 3.63) is 48.6 Å². The number of aldehydes is 1. The minimum Gasteiger partial charge on any atom is -0.353 e. The SMILES string of the molecule is C=CCC(C#N)(C=O)c1ccccc1.CCOC(C)OCC. The van der Waals surface area contributed by atoms with Gasteiger partial charge in [-0.15, -0.1) is 6.58 Å². The van der Waals surface area contributed by atoms with E-state index in [-0.39, 0.29) is 6.29 Å². The Morgan fingerprint density at radius 3 is 2.18 bits per heavy atom. The van der Waals surface area contributed by atoms with Gasteiger partial charge in [-0.1, -0.05) is 36.4 Å². The maximum atomic E-state index is 11.0. The zero-order chi connectivity index (χ0) is 16.8. The van der Waals surface area contributed by atoms with Gasteiger partial charge in [-0.05, 0) is 32.8 Å². The van der Waals surface area contributed by atoms with Gasteiger partial charge >= 0.3 is 0 Å². The first-order valence-electron chi connectivity index (χ1n) is 7.37. The Balaban J connectivity index is 0.000000472. The van der Waals surface area contributed by atoms with Gasteiger partial charge in [0.2, 0.25) is 0 Å². The standard InChI is InChI=1S/C12H11NO.C6H14O2/c1-2-8-12(9-13,10-14)11-6-4-3-5-7-11;1-4-7-6(3)8-5-2/h2-7,10H,1,8H2;6H,4-5H2,1-3H3. The molecule has 0 heterocycles. The molecule has 0 spiro atoms. The van der Waals surface area contributed by atoms with Crippen LogP contribution in [0.3, 0.4) is 0 Å². The molecule has 4 nitrogen and oxygen atoms in total. The zero-order valence-electron chi connectivity index (χ0n) is 13.6. The van der Waals surface area contributed by atoms with Crippen LogP contribution in [-0.2, 0) is 19.7 Å². The molecule has 0 aromatic heterocycles. The van der Waals surface area contributed by atoms with Crippen LogP contribution in [0.5, 0.6) is 0 Å². The van der Waals surface area contributed by atoms with E-state index in [9.17, 15) is 4.79 Å². The lowest BCUT2D eigenvalue weighted by Crippen LogP contribution is -2.24. The summed E-state index contributed by atoms with van der Waals surface area (Å²) in [7, 11) is 0. The Hall–Kier alpha value is -1.96. The fourth-order valence-electron chi connectivity index (χ4n) is 1.85. The zero-order valence-corrected chi connectivity index (χ0v) is 13.6. The van der Waals surface area contributed by atoms with Gasteiger partial charge in [-0.2, -0.15) is 5.26 Å². The predicted molar refractivity (Wildman–Crippen MR) is 87.3 cm³/mol. The molecular formula is C18H25NO3. The first-order valence-corrected chi connectivity index (χ1v) is 7.37.